The number of carbonyl (C=O) groups is 2. The van der Waals surface area contributed by atoms with E-state index >= 15 is 0 Å². The van der Waals surface area contributed by atoms with E-state index in [2.05, 4.69) is 4.84 Å². The van der Waals surface area contributed by atoms with Crippen molar-refractivity contribution >= 4 is 22.8 Å². The Bertz CT molecular complexity index is 609. The minimum absolute atomic E-state index is 0.0100. The van der Waals surface area contributed by atoms with Gasteiger partial charge in [-0.05, 0) is 55.3 Å². The molecule has 0 saturated carbocycles. The maximum absolute atomic E-state index is 12.2. The number of rotatable bonds is 15. The first-order valence-corrected chi connectivity index (χ1v) is 9.17. The number of esters is 1. The molecule has 1 rings (SSSR count). The second-order valence-corrected chi connectivity index (χ2v) is 6.20. The van der Waals surface area contributed by atoms with Gasteiger partial charge in [-0.3, -0.25) is 4.79 Å². The van der Waals surface area contributed by atoms with E-state index in [0.717, 1.165) is 31.2 Å². The van der Waals surface area contributed by atoms with Crippen LogP contribution in [-0.4, -0.2) is 42.7 Å². The Labute approximate surface area is 162 Å². The van der Waals surface area contributed by atoms with Crippen LogP contribution >= 0.6 is 11.6 Å². The van der Waals surface area contributed by atoms with E-state index in [9.17, 15) is 19.7 Å². The Kier molecular flexibility index (Phi) is 11.8. The molecule has 0 spiro atoms. The molecule has 8 nitrogen and oxygen atoms in total. The quantitative estimate of drug-likeness (QED) is 0.146. The lowest BCUT2D eigenvalue weighted by atomic mass is 10.0. The Morgan fingerprint density at radius 2 is 1.70 bits per heavy atom. The molecule has 0 amide bonds. The van der Waals surface area contributed by atoms with Gasteiger partial charge in [-0.2, -0.15) is 0 Å². The summed E-state index contributed by atoms with van der Waals surface area (Å²) in [7, 11) is 0. The first-order chi connectivity index (χ1) is 13.0. The third-order valence-corrected chi connectivity index (χ3v) is 3.77. The summed E-state index contributed by atoms with van der Waals surface area (Å²) in [4.78, 5) is 37.0. The number of aryl methyl sites for hydroxylation is 1. The van der Waals surface area contributed by atoms with E-state index in [1.807, 2.05) is 12.1 Å². The van der Waals surface area contributed by atoms with Crippen molar-refractivity contribution in [3.63, 3.8) is 0 Å². The maximum atomic E-state index is 12.2. The van der Waals surface area contributed by atoms with E-state index in [1.54, 1.807) is 12.1 Å². The van der Waals surface area contributed by atoms with E-state index in [0.29, 0.717) is 25.0 Å². The molecule has 1 aromatic carbocycles. The summed E-state index contributed by atoms with van der Waals surface area (Å²) in [5, 5.41) is 8.67. The third kappa shape index (κ3) is 11.2. The lowest BCUT2D eigenvalue weighted by Crippen LogP contribution is -2.10. The minimum atomic E-state index is -0.841. The molecule has 0 aromatic heterocycles. The zero-order valence-electron chi connectivity index (χ0n) is 15.1. The number of unbranched alkanes of at least 4 members (excludes halogenated alkanes) is 3. The van der Waals surface area contributed by atoms with Gasteiger partial charge in [0.05, 0.1) is 18.8 Å². The van der Waals surface area contributed by atoms with Gasteiger partial charge < -0.3 is 14.3 Å². The summed E-state index contributed by atoms with van der Waals surface area (Å²) in [5.74, 6) is -0.398. The van der Waals surface area contributed by atoms with Gasteiger partial charge in [-0.25, -0.2) is 4.79 Å². The second kappa shape index (κ2) is 13.9. The second-order valence-electron chi connectivity index (χ2n) is 5.78. The summed E-state index contributed by atoms with van der Waals surface area (Å²) in [6.45, 7) is 0.575. The lowest BCUT2D eigenvalue weighted by molar-refractivity contribution is -0.757. The Balaban J connectivity index is 2.28. The number of hydrogen-bond acceptors (Lipinski definition) is 7. The van der Waals surface area contributed by atoms with Gasteiger partial charge in [0.15, 0.2) is 0 Å². The standard InChI is InChI=1S/C18H24ClNO7/c19-17(21)14-25-11-5-1-2-8-15-9-3-4-10-16(15)18(22)26-12-6-7-13-27-20(23)24/h3-4,9-10H,1-2,5-8,11-14H2. The summed E-state index contributed by atoms with van der Waals surface area (Å²) >= 11 is 5.18. The molecule has 0 N–H and O–H groups in total. The van der Waals surface area contributed by atoms with Gasteiger partial charge in [0, 0.05) is 6.61 Å². The zero-order chi connectivity index (χ0) is 19.9. The molecule has 0 radical (unpaired) electrons. The summed E-state index contributed by atoms with van der Waals surface area (Å²) in [5.41, 5.74) is 1.44. The number of carbonyl (C=O) groups excluding carboxylic acids is 2. The first-order valence-electron chi connectivity index (χ1n) is 8.79. The maximum Gasteiger partial charge on any atom is 0.338 e. The van der Waals surface area contributed by atoms with Gasteiger partial charge in [0.25, 0.3) is 5.09 Å². The summed E-state index contributed by atoms with van der Waals surface area (Å²) < 4.78 is 10.3. The molecule has 0 aliphatic carbocycles. The number of halogens is 1. The molecule has 0 bridgehead atoms. The molecule has 150 valence electrons. The molecule has 0 fully saturated rings. The minimum Gasteiger partial charge on any atom is -0.462 e. The molecule has 27 heavy (non-hydrogen) atoms. The molecule has 0 saturated heterocycles. The molecular weight excluding hydrogens is 378 g/mol. The SMILES string of the molecule is O=C(Cl)COCCCCCc1ccccc1C(=O)OCCCCO[N+](=O)[O-]. The van der Waals surface area contributed by atoms with Crippen LogP contribution in [0.2, 0.25) is 0 Å². The van der Waals surface area contributed by atoms with Crippen LogP contribution < -0.4 is 0 Å². The van der Waals surface area contributed by atoms with E-state index in [1.165, 1.54) is 0 Å². The third-order valence-electron chi connectivity index (χ3n) is 3.66. The predicted octanol–water partition coefficient (Wildman–Crippen LogP) is 3.33. The van der Waals surface area contributed by atoms with Crippen LogP contribution in [-0.2, 0) is 25.5 Å². The average Bonchev–Trinajstić information content (AvgIpc) is 2.63. The van der Waals surface area contributed by atoms with Gasteiger partial charge in [-0.15, -0.1) is 10.1 Å². The highest BCUT2D eigenvalue weighted by Crippen LogP contribution is 2.14. The fourth-order valence-electron chi connectivity index (χ4n) is 2.37. The molecule has 0 atom stereocenters. The number of ether oxygens (including phenoxy) is 2. The average molecular weight is 402 g/mol. The van der Waals surface area contributed by atoms with Crippen LogP contribution in [0.1, 0.15) is 48.0 Å². The summed E-state index contributed by atoms with van der Waals surface area (Å²) in [6, 6.07) is 7.27. The van der Waals surface area contributed by atoms with Crippen molar-refractivity contribution in [3.8, 4) is 0 Å². The fraction of sp³-hybridized carbons (Fsp3) is 0.556. The van der Waals surface area contributed by atoms with Crippen LogP contribution in [0.4, 0.5) is 0 Å². The highest BCUT2D eigenvalue weighted by molar-refractivity contribution is 6.63. The Morgan fingerprint density at radius 1 is 1.00 bits per heavy atom. The van der Waals surface area contributed by atoms with Crippen molar-refractivity contribution in [1.82, 2.24) is 0 Å². The van der Waals surface area contributed by atoms with Crippen LogP contribution in [0, 0.1) is 10.1 Å². The van der Waals surface area contributed by atoms with Crippen LogP contribution in [0.25, 0.3) is 0 Å². The highest BCUT2D eigenvalue weighted by atomic mass is 35.5. The van der Waals surface area contributed by atoms with Crippen LogP contribution in [0.3, 0.4) is 0 Å². The topological polar surface area (TPSA) is 105 Å². The molecule has 0 aliphatic rings. The highest BCUT2D eigenvalue weighted by Gasteiger charge is 2.12. The normalized spacial score (nSPS) is 10.4. The van der Waals surface area contributed by atoms with Crippen molar-refractivity contribution in [2.45, 2.75) is 38.5 Å². The predicted molar refractivity (Wildman–Crippen MR) is 98.1 cm³/mol. The summed E-state index contributed by atoms with van der Waals surface area (Å²) in [6.07, 6.45) is 4.25. The molecule has 0 aliphatic heterocycles. The van der Waals surface area contributed by atoms with Crippen molar-refractivity contribution in [2.75, 3.05) is 26.4 Å². The number of nitrogens with zero attached hydrogens (tertiary/aromatic N) is 1. The molecular formula is C18H24ClNO7. The Hall–Kier alpha value is -2.19. The van der Waals surface area contributed by atoms with Gasteiger partial charge in [-0.1, -0.05) is 24.6 Å². The molecule has 0 heterocycles. The van der Waals surface area contributed by atoms with E-state index in [4.69, 9.17) is 21.1 Å². The van der Waals surface area contributed by atoms with Crippen LogP contribution in [0.5, 0.6) is 0 Å². The largest absolute Gasteiger partial charge is 0.462 e. The van der Waals surface area contributed by atoms with Crippen molar-refractivity contribution < 1.29 is 29.0 Å². The van der Waals surface area contributed by atoms with Crippen molar-refractivity contribution in [3.05, 3.63) is 45.5 Å². The van der Waals surface area contributed by atoms with Crippen molar-refractivity contribution in [2.24, 2.45) is 0 Å². The lowest BCUT2D eigenvalue weighted by Gasteiger charge is -2.10. The van der Waals surface area contributed by atoms with Gasteiger partial charge in [0.2, 0.25) is 5.24 Å². The van der Waals surface area contributed by atoms with Crippen LogP contribution in [0.15, 0.2) is 24.3 Å². The Morgan fingerprint density at radius 3 is 2.44 bits per heavy atom. The number of benzene rings is 1. The van der Waals surface area contributed by atoms with Gasteiger partial charge >= 0.3 is 5.97 Å². The first kappa shape index (κ1) is 22.9. The zero-order valence-corrected chi connectivity index (χ0v) is 15.8. The smallest absolute Gasteiger partial charge is 0.338 e. The fourth-order valence-corrected chi connectivity index (χ4v) is 2.45. The monoisotopic (exact) mass is 401 g/mol. The van der Waals surface area contributed by atoms with E-state index in [-0.39, 0.29) is 19.8 Å². The van der Waals surface area contributed by atoms with Crippen molar-refractivity contribution in [1.29, 1.82) is 0 Å². The van der Waals surface area contributed by atoms with Gasteiger partial charge in [0.1, 0.15) is 6.61 Å². The molecule has 9 heteroatoms. The molecule has 1 aromatic rings. The number of hydrogen-bond donors (Lipinski definition) is 0. The van der Waals surface area contributed by atoms with E-state index < -0.39 is 16.3 Å². The molecule has 0 unspecified atom stereocenters.